The van der Waals surface area contributed by atoms with Gasteiger partial charge in [-0.1, -0.05) is 6.92 Å². The zero-order valence-corrected chi connectivity index (χ0v) is 13.1. The summed E-state index contributed by atoms with van der Waals surface area (Å²) in [6, 6.07) is 3.54. The molecule has 0 aliphatic carbocycles. The van der Waals surface area contributed by atoms with Gasteiger partial charge in [0.2, 0.25) is 10.0 Å². The van der Waals surface area contributed by atoms with Crippen LogP contribution in [0.1, 0.15) is 30.9 Å². The first-order chi connectivity index (χ1) is 9.36. The predicted molar refractivity (Wildman–Crippen MR) is 80.9 cm³/mol. The minimum absolute atomic E-state index is 0.422. The number of piperidine rings is 1. The van der Waals surface area contributed by atoms with Crippen LogP contribution in [0.2, 0.25) is 0 Å². The second-order valence-electron chi connectivity index (χ2n) is 5.67. The SMILES string of the molecule is Cc1cc(NN)cc(C)c1S(=O)(=O)N1CCC(C)CC1. The van der Waals surface area contributed by atoms with Gasteiger partial charge in [0, 0.05) is 18.8 Å². The van der Waals surface area contributed by atoms with Crippen LogP contribution in [0.3, 0.4) is 0 Å². The smallest absolute Gasteiger partial charge is 0.243 e. The third kappa shape index (κ3) is 2.82. The van der Waals surface area contributed by atoms with Gasteiger partial charge in [-0.2, -0.15) is 4.31 Å². The van der Waals surface area contributed by atoms with E-state index in [4.69, 9.17) is 5.84 Å². The Morgan fingerprint density at radius 2 is 1.70 bits per heavy atom. The van der Waals surface area contributed by atoms with Crippen LogP contribution in [-0.2, 0) is 10.0 Å². The normalized spacial score (nSPS) is 18.2. The van der Waals surface area contributed by atoms with E-state index in [9.17, 15) is 8.42 Å². The summed E-state index contributed by atoms with van der Waals surface area (Å²) in [5.74, 6) is 6.00. The van der Waals surface area contributed by atoms with E-state index in [1.165, 1.54) is 0 Å². The van der Waals surface area contributed by atoms with Crippen LogP contribution < -0.4 is 11.3 Å². The summed E-state index contributed by atoms with van der Waals surface area (Å²) in [6.07, 6.45) is 1.86. The monoisotopic (exact) mass is 297 g/mol. The van der Waals surface area contributed by atoms with Crippen molar-refractivity contribution in [2.24, 2.45) is 11.8 Å². The summed E-state index contributed by atoms with van der Waals surface area (Å²) in [6.45, 7) is 7.02. The molecule has 0 atom stereocenters. The highest BCUT2D eigenvalue weighted by molar-refractivity contribution is 7.89. The molecule has 3 N–H and O–H groups in total. The molecule has 1 aromatic carbocycles. The van der Waals surface area contributed by atoms with Crippen molar-refractivity contribution in [2.45, 2.75) is 38.5 Å². The largest absolute Gasteiger partial charge is 0.324 e. The van der Waals surface area contributed by atoms with Crippen LogP contribution in [0.4, 0.5) is 5.69 Å². The maximum atomic E-state index is 12.8. The molecule has 0 radical (unpaired) electrons. The van der Waals surface area contributed by atoms with Crippen molar-refractivity contribution in [3.8, 4) is 0 Å². The lowest BCUT2D eigenvalue weighted by atomic mass is 10.0. The minimum Gasteiger partial charge on any atom is -0.324 e. The molecule has 0 spiro atoms. The van der Waals surface area contributed by atoms with Crippen molar-refractivity contribution in [1.82, 2.24) is 4.31 Å². The number of hydrogen-bond donors (Lipinski definition) is 2. The first-order valence-corrected chi connectivity index (χ1v) is 8.38. The molecular weight excluding hydrogens is 274 g/mol. The van der Waals surface area contributed by atoms with Gasteiger partial charge >= 0.3 is 0 Å². The number of hydrogen-bond acceptors (Lipinski definition) is 4. The molecule has 0 bridgehead atoms. The Balaban J connectivity index is 2.39. The third-order valence-electron chi connectivity index (χ3n) is 3.97. The van der Waals surface area contributed by atoms with Crippen LogP contribution in [-0.4, -0.2) is 25.8 Å². The molecule has 6 heteroatoms. The van der Waals surface area contributed by atoms with E-state index >= 15 is 0 Å². The van der Waals surface area contributed by atoms with Crippen LogP contribution in [0, 0.1) is 19.8 Å². The number of benzene rings is 1. The molecule has 112 valence electrons. The van der Waals surface area contributed by atoms with Crippen molar-refractivity contribution in [1.29, 1.82) is 0 Å². The Kier molecular flexibility index (Phi) is 4.36. The maximum Gasteiger partial charge on any atom is 0.243 e. The molecule has 5 nitrogen and oxygen atoms in total. The van der Waals surface area contributed by atoms with E-state index in [2.05, 4.69) is 12.3 Å². The number of nitrogens with zero attached hydrogens (tertiary/aromatic N) is 1. The molecule has 0 unspecified atom stereocenters. The van der Waals surface area contributed by atoms with Gasteiger partial charge in [0.25, 0.3) is 0 Å². The van der Waals surface area contributed by atoms with Gasteiger partial charge < -0.3 is 5.43 Å². The Hall–Kier alpha value is -1.11. The Labute approximate surface area is 121 Å². The quantitative estimate of drug-likeness (QED) is 0.661. The zero-order chi connectivity index (χ0) is 14.9. The molecule has 0 aromatic heterocycles. The van der Waals surface area contributed by atoms with E-state index in [-0.39, 0.29) is 0 Å². The molecule has 0 saturated carbocycles. The first-order valence-electron chi connectivity index (χ1n) is 6.94. The summed E-state index contributed by atoms with van der Waals surface area (Å²) in [5, 5.41) is 0. The van der Waals surface area contributed by atoms with Crippen molar-refractivity contribution in [3.05, 3.63) is 23.3 Å². The lowest BCUT2D eigenvalue weighted by molar-refractivity contribution is 0.288. The molecule has 2 rings (SSSR count). The zero-order valence-electron chi connectivity index (χ0n) is 12.3. The molecule has 1 aromatic rings. The standard InChI is InChI=1S/C14H23N3O2S/c1-10-4-6-17(7-5-10)20(18,19)14-11(2)8-13(16-15)9-12(14)3/h8-10,16H,4-7,15H2,1-3H3. The molecule has 1 aliphatic rings. The number of anilines is 1. The fourth-order valence-electron chi connectivity index (χ4n) is 2.79. The summed E-state index contributed by atoms with van der Waals surface area (Å²) >= 11 is 0. The fraction of sp³-hybridized carbons (Fsp3) is 0.571. The predicted octanol–water partition coefficient (Wildman–Crippen LogP) is 2.01. The maximum absolute atomic E-state index is 12.8. The van der Waals surface area contributed by atoms with Crippen molar-refractivity contribution < 1.29 is 8.42 Å². The van der Waals surface area contributed by atoms with Crippen molar-refractivity contribution >= 4 is 15.7 Å². The Morgan fingerprint density at radius 3 is 2.15 bits per heavy atom. The average molecular weight is 297 g/mol. The molecule has 1 heterocycles. The second-order valence-corrected chi connectivity index (χ2v) is 7.54. The minimum atomic E-state index is -3.41. The molecule has 1 aliphatic heterocycles. The molecule has 0 amide bonds. The van der Waals surface area contributed by atoms with Gasteiger partial charge in [0.1, 0.15) is 0 Å². The van der Waals surface area contributed by atoms with Gasteiger partial charge in [-0.15, -0.1) is 0 Å². The number of nitrogens with one attached hydrogen (secondary N) is 1. The molecule has 1 saturated heterocycles. The molecular formula is C14H23N3O2S. The summed E-state index contributed by atoms with van der Waals surface area (Å²) in [5.41, 5.74) is 4.76. The molecule has 20 heavy (non-hydrogen) atoms. The summed E-state index contributed by atoms with van der Waals surface area (Å²) in [7, 11) is -3.41. The van der Waals surface area contributed by atoms with E-state index in [1.54, 1.807) is 16.4 Å². The Morgan fingerprint density at radius 1 is 1.20 bits per heavy atom. The van der Waals surface area contributed by atoms with Crippen LogP contribution >= 0.6 is 0 Å². The van der Waals surface area contributed by atoms with Crippen molar-refractivity contribution in [3.63, 3.8) is 0 Å². The topological polar surface area (TPSA) is 75.4 Å². The number of aryl methyl sites for hydroxylation is 2. The summed E-state index contributed by atoms with van der Waals surface area (Å²) < 4.78 is 27.2. The van der Waals surface area contributed by atoms with Gasteiger partial charge in [-0.25, -0.2) is 8.42 Å². The van der Waals surface area contributed by atoms with E-state index in [0.717, 1.165) is 29.7 Å². The highest BCUT2D eigenvalue weighted by atomic mass is 32.2. The van der Waals surface area contributed by atoms with E-state index in [1.807, 2.05) is 13.8 Å². The van der Waals surface area contributed by atoms with Gasteiger partial charge in [-0.3, -0.25) is 5.84 Å². The number of nitrogen functional groups attached to an aromatic ring is 1. The van der Waals surface area contributed by atoms with Crippen LogP contribution in [0.5, 0.6) is 0 Å². The number of rotatable bonds is 3. The third-order valence-corrected chi connectivity index (χ3v) is 6.17. The number of nitrogens with two attached hydrogens (primary N) is 1. The lowest BCUT2D eigenvalue weighted by Gasteiger charge is -2.30. The van der Waals surface area contributed by atoms with Crippen LogP contribution in [0.15, 0.2) is 17.0 Å². The Bertz CT molecular complexity index is 567. The summed E-state index contributed by atoms with van der Waals surface area (Å²) in [4.78, 5) is 0.422. The fourth-order valence-corrected chi connectivity index (χ4v) is 4.68. The second kappa shape index (κ2) is 5.71. The highest BCUT2D eigenvalue weighted by Crippen LogP contribution is 2.29. The van der Waals surface area contributed by atoms with Crippen molar-refractivity contribution in [2.75, 3.05) is 18.5 Å². The number of sulfonamides is 1. The van der Waals surface area contributed by atoms with Gasteiger partial charge in [0.05, 0.1) is 4.90 Å². The average Bonchev–Trinajstić information content (AvgIpc) is 2.37. The number of hydrazine groups is 1. The van der Waals surface area contributed by atoms with E-state index < -0.39 is 10.0 Å². The lowest BCUT2D eigenvalue weighted by Crippen LogP contribution is -2.38. The van der Waals surface area contributed by atoms with Gasteiger partial charge in [0.15, 0.2) is 0 Å². The van der Waals surface area contributed by atoms with E-state index in [0.29, 0.717) is 23.9 Å². The van der Waals surface area contributed by atoms with Gasteiger partial charge in [-0.05, 0) is 55.9 Å². The highest BCUT2D eigenvalue weighted by Gasteiger charge is 2.30. The van der Waals surface area contributed by atoms with Crippen LogP contribution in [0.25, 0.3) is 0 Å². The first kappa shape index (κ1) is 15.3. The molecule has 1 fully saturated rings.